The minimum atomic E-state index is -1.25. The number of hydrogen-bond donors (Lipinski definition) is 4. The van der Waals surface area contributed by atoms with Gasteiger partial charge in [-0.2, -0.15) is 0 Å². The molecule has 4 N–H and O–H groups in total. The smallest absolute Gasteiger partial charge is 0.303 e. The van der Waals surface area contributed by atoms with Gasteiger partial charge < -0.3 is 20.4 Å². The van der Waals surface area contributed by atoms with E-state index in [9.17, 15) is 19.5 Å². The average molecular weight is 1410 g/mol. The summed E-state index contributed by atoms with van der Waals surface area (Å²) in [6.45, 7) is 6.78. The highest BCUT2D eigenvalue weighted by molar-refractivity contribution is 9.26. The van der Waals surface area contributed by atoms with Gasteiger partial charge in [0.1, 0.15) is 32.5 Å². The summed E-state index contributed by atoms with van der Waals surface area (Å²) in [5.74, 6) is -1.99. The maximum atomic E-state index is 10.3. The van der Waals surface area contributed by atoms with Gasteiger partial charge in [-0.25, -0.2) is 0 Å². The number of carboxylic acids is 3. The number of aliphatic hydroxyl groups excluding tert-OH is 1. The number of carboxylic acid groups (broad SMARTS) is 3. The minimum absolute atomic E-state index is 0.332. The lowest BCUT2D eigenvalue weighted by molar-refractivity contribution is -0.138. The maximum Gasteiger partial charge on any atom is 0.303 e. The molecule has 0 bridgehead atoms. The number of aliphatic hydroxyl groups is 1. The Kier molecular flexibility index (Phi) is 70.0. The predicted octanol–water partition coefficient (Wildman–Crippen LogP) is 22.2. The third-order valence-electron chi connectivity index (χ3n) is 11.9. The van der Waals surface area contributed by atoms with Crippen LogP contribution in [0.3, 0.4) is 0 Å². The zero-order chi connectivity index (χ0) is 54.7. The number of hydrogen-bond acceptors (Lipinski definition) is 6. The minimum Gasteiger partial charge on any atom is -0.481 e. The first-order valence-corrected chi connectivity index (χ1v) is 32.8. The van der Waals surface area contributed by atoms with Crippen molar-refractivity contribution in [3.05, 3.63) is 36.5 Å². The Morgan fingerprint density at radius 1 is 0.375 bits per heavy atom. The van der Waals surface area contributed by atoms with Crippen molar-refractivity contribution in [3.8, 4) is 0 Å². The molecule has 0 aliphatic rings. The lowest BCUT2D eigenvalue weighted by Crippen LogP contribution is -2.48. The van der Waals surface area contributed by atoms with Gasteiger partial charge in [-0.1, -0.05) is 227 Å². The van der Waals surface area contributed by atoms with Crippen LogP contribution in [0, 0.1) is 0 Å². The van der Waals surface area contributed by atoms with Crippen LogP contribution < -0.4 is 0 Å². The van der Waals surface area contributed by atoms with Crippen molar-refractivity contribution in [3.63, 3.8) is 0 Å². The average Bonchev–Trinajstić information content (AvgIpc) is 3.35. The van der Waals surface area contributed by atoms with Gasteiger partial charge in [-0.05, 0) is 144 Å². The molecule has 0 heterocycles. The van der Waals surface area contributed by atoms with E-state index in [0.29, 0.717) is 19.3 Å². The Morgan fingerprint density at radius 3 is 0.722 bits per heavy atom. The number of unbranched alkanes of at least 4 members (excludes halogenated alkanes) is 33. The number of aliphatic carboxylic acids is 3. The van der Waals surface area contributed by atoms with Crippen molar-refractivity contribution >= 4 is 114 Å². The molecule has 0 saturated carbocycles. The molecule has 2 unspecified atom stereocenters. The van der Waals surface area contributed by atoms with Crippen LogP contribution in [0.25, 0.3) is 0 Å². The fraction of sp³-hybridized carbons (Fsp3) is 0.842. The number of allylic oxidation sites excluding steroid dienone is 6. The molecule has 0 saturated heterocycles. The van der Waals surface area contributed by atoms with E-state index >= 15 is 0 Å². The maximum absolute atomic E-state index is 10.3. The molecule has 0 aliphatic carbocycles. The quantitative estimate of drug-likeness (QED) is 0.0265. The van der Waals surface area contributed by atoms with E-state index in [0.717, 1.165) is 38.5 Å². The van der Waals surface area contributed by atoms with Gasteiger partial charge in [-0.15, -0.1) is 0 Å². The van der Waals surface area contributed by atoms with Crippen molar-refractivity contribution in [1.29, 1.82) is 0 Å². The normalized spacial score (nSPS) is 12.8. The summed E-state index contributed by atoms with van der Waals surface area (Å²) in [4.78, 5) is 31.0. The van der Waals surface area contributed by atoms with Crippen LogP contribution in [-0.2, 0) is 22.0 Å². The molecule has 0 rings (SSSR count). The summed E-state index contributed by atoms with van der Waals surface area (Å²) in [7, 11) is 0. The molecule has 0 fully saturated rings. The standard InChI is InChI=1S/3C18H34O2.C3H2Br6O3/c3*1-2-3-4-5-6-7-8-9-10-11-12-13-14-15-16-17-18(19)20;4-1(10)2(5,11-8)3(6,7)12-9/h3*9-10H,2-8,11-17H2,1H3,(H,19,20);1,10H. The van der Waals surface area contributed by atoms with Crippen molar-refractivity contribution < 1.29 is 42.5 Å². The van der Waals surface area contributed by atoms with Crippen LogP contribution in [0.2, 0.25) is 0 Å². The van der Waals surface area contributed by atoms with Crippen molar-refractivity contribution in [1.82, 2.24) is 0 Å². The summed E-state index contributed by atoms with van der Waals surface area (Å²) in [6, 6.07) is 0. The molecule has 0 aromatic carbocycles. The number of halogens is 6. The van der Waals surface area contributed by atoms with Gasteiger partial charge >= 0.3 is 17.9 Å². The molecule has 15 heteroatoms. The first kappa shape index (κ1) is 78.9. The van der Waals surface area contributed by atoms with Crippen molar-refractivity contribution in [2.24, 2.45) is 0 Å². The zero-order valence-corrected chi connectivity index (χ0v) is 54.9. The SMILES string of the molecule is CCCCCCCCC=CCCCCCCCC(=O)O.CCCCCCCCC=CCCCCCCCC(=O)O.CCCCCCCCC=CCCCCCCCC(=O)O.OC(Br)C(Br)(OBr)C(Br)(Br)OBr. The molecule has 9 nitrogen and oxygen atoms in total. The van der Waals surface area contributed by atoms with E-state index < -0.39 is 30.9 Å². The lowest BCUT2D eigenvalue weighted by atomic mass is 10.1. The summed E-state index contributed by atoms with van der Waals surface area (Å²) in [5, 5.41) is 33.8. The van der Waals surface area contributed by atoms with Crippen LogP contribution >= 0.6 is 96.2 Å². The highest BCUT2D eigenvalue weighted by atomic mass is 79.9. The molecule has 0 aromatic rings. The molecule has 0 aromatic heterocycles. The van der Waals surface area contributed by atoms with E-state index in [1.54, 1.807) is 0 Å². The van der Waals surface area contributed by atoms with E-state index in [2.05, 4.69) is 153 Å². The van der Waals surface area contributed by atoms with Crippen LogP contribution in [0.15, 0.2) is 36.5 Å². The molecule has 0 radical (unpaired) electrons. The third kappa shape index (κ3) is 64.7. The summed E-state index contributed by atoms with van der Waals surface area (Å²) >= 11 is 17.8. The van der Waals surface area contributed by atoms with Gasteiger partial charge in [0.05, 0.1) is 0 Å². The molecular formula is C57H104Br6O9. The lowest BCUT2D eigenvalue weighted by Gasteiger charge is -2.35. The third-order valence-corrected chi connectivity index (χ3v) is 19.1. The first-order valence-electron chi connectivity index (χ1n) is 28.2. The molecule has 0 spiro atoms. The van der Waals surface area contributed by atoms with Gasteiger partial charge in [0.2, 0.25) is 7.93 Å². The van der Waals surface area contributed by atoms with Crippen LogP contribution in [0.1, 0.15) is 290 Å². The number of alkyl halides is 4. The Morgan fingerprint density at radius 2 is 0.569 bits per heavy atom. The molecular weight excluding hydrogens is 1310 g/mol. The topological polar surface area (TPSA) is 151 Å². The zero-order valence-electron chi connectivity index (χ0n) is 45.3. The molecule has 72 heavy (non-hydrogen) atoms. The van der Waals surface area contributed by atoms with E-state index in [1.165, 1.54) is 212 Å². The Bertz CT molecular complexity index is 1120. The van der Waals surface area contributed by atoms with Crippen molar-refractivity contribution in [2.75, 3.05) is 0 Å². The van der Waals surface area contributed by atoms with E-state index in [1.807, 2.05) is 0 Å². The summed E-state index contributed by atoms with van der Waals surface area (Å²) < 4.78 is 7.26. The Balaban J connectivity index is -0.000000435. The molecule has 2 atom stereocenters. The monoisotopic (exact) mass is 1410 g/mol. The van der Waals surface area contributed by atoms with Crippen LogP contribution in [0.5, 0.6) is 0 Å². The largest absolute Gasteiger partial charge is 0.481 e. The van der Waals surface area contributed by atoms with Gasteiger partial charge in [-0.3, -0.25) is 22.0 Å². The Hall–Kier alpha value is 0.390. The van der Waals surface area contributed by atoms with E-state index in [-0.39, 0.29) is 0 Å². The second kappa shape index (κ2) is 63.9. The second-order valence-corrected chi connectivity index (χ2v) is 24.8. The Labute approximate surface area is 492 Å². The number of rotatable bonds is 49. The fourth-order valence-electron chi connectivity index (χ4n) is 7.31. The highest BCUT2D eigenvalue weighted by Crippen LogP contribution is 2.51. The van der Waals surface area contributed by atoms with Crippen LogP contribution in [-0.4, -0.2) is 51.3 Å². The molecule has 0 aliphatic heterocycles. The first-order chi connectivity index (χ1) is 34.6. The highest BCUT2D eigenvalue weighted by Gasteiger charge is 2.54. The van der Waals surface area contributed by atoms with Crippen LogP contribution in [0.4, 0.5) is 0 Å². The number of carbonyl (C=O) groups is 3. The molecule has 0 amide bonds. The van der Waals surface area contributed by atoms with E-state index in [4.69, 9.17) is 23.0 Å². The fourth-order valence-corrected chi connectivity index (χ4v) is 10.6. The van der Waals surface area contributed by atoms with Gasteiger partial charge in [0.25, 0.3) is 0 Å². The van der Waals surface area contributed by atoms with Crippen molar-refractivity contribution in [2.45, 2.75) is 303 Å². The summed E-state index contributed by atoms with van der Waals surface area (Å²) in [6.07, 6.45) is 63.7. The molecule has 428 valence electrons. The predicted molar refractivity (Wildman–Crippen MR) is 328 cm³/mol. The second-order valence-electron chi connectivity index (χ2n) is 18.8. The summed E-state index contributed by atoms with van der Waals surface area (Å²) in [5.41, 5.74) is 0. The van der Waals surface area contributed by atoms with Gasteiger partial charge in [0, 0.05) is 19.3 Å². The van der Waals surface area contributed by atoms with Gasteiger partial charge in [0.15, 0.2) is 5.01 Å².